The topological polar surface area (TPSA) is 43.3 Å². The molecule has 1 aliphatic heterocycles. The van der Waals surface area contributed by atoms with Crippen LogP contribution >= 0.6 is 0 Å². The quantitative estimate of drug-likeness (QED) is 0.681. The fourth-order valence-electron chi connectivity index (χ4n) is 4.94. The number of fused-ring (bicyclic) bond motifs is 1. The van der Waals surface area contributed by atoms with Crippen LogP contribution in [0.2, 0.25) is 0 Å². The van der Waals surface area contributed by atoms with Gasteiger partial charge >= 0.3 is 0 Å². The van der Waals surface area contributed by atoms with E-state index in [-0.39, 0.29) is 5.41 Å². The number of nitrogens with zero attached hydrogens (tertiary/aromatic N) is 2. The molecule has 0 unspecified atom stereocenters. The normalized spacial score (nSPS) is 25.6. The van der Waals surface area contributed by atoms with E-state index in [0.29, 0.717) is 12.6 Å². The fourth-order valence-corrected chi connectivity index (χ4v) is 4.94. The summed E-state index contributed by atoms with van der Waals surface area (Å²) < 4.78 is 11.0. The van der Waals surface area contributed by atoms with Crippen LogP contribution in [0, 0.1) is 0 Å². The Bertz CT molecular complexity index is 868. The Morgan fingerprint density at radius 2 is 1.83 bits per heavy atom. The Hall–Kier alpha value is -2.53. The van der Waals surface area contributed by atoms with Gasteiger partial charge in [0.15, 0.2) is 11.5 Å². The molecule has 5 heteroatoms. The predicted octanol–water partition coefficient (Wildman–Crippen LogP) is 4.40. The first-order chi connectivity index (χ1) is 14.2. The zero-order valence-corrected chi connectivity index (χ0v) is 17.6. The van der Waals surface area contributed by atoms with E-state index in [0.717, 1.165) is 55.0 Å². The molecule has 2 aromatic carbocycles. The van der Waals surface area contributed by atoms with Gasteiger partial charge in [-0.2, -0.15) is 0 Å². The van der Waals surface area contributed by atoms with Crippen molar-refractivity contribution >= 4 is 5.71 Å². The van der Waals surface area contributed by atoms with Crippen molar-refractivity contribution in [3.05, 3.63) is 59.7 Å². The number of oxime groups is 1. The number of hydrogen-bond acceptors (Lipinski definition) is 5. The van der Waals surface area contributed by atoms with Crippen molar-refractivity contribution in [3.8, 4) is 11.5 Å². The summed E-state index contributed by atoms with van der Waals surface area (Å²) in [7, 11) is 5.61. The van der Waals surface area contributed by atoms with E-state index >= 15 is 0 Å². The maximum atomic E-state index is 5.68. The maximum Gasteiger partial charge on any atom is 0.161 e. The van der Waals surface area contributed by atoms with Crippen LogP contribution in [0.3, 0.4) is 0 Å². The van der Waals surface area contributed by atoms with E-state index in [1.165, 1.54) is 5.56 Å². The summed E-state index contributed by atoms with van der Waals surface area (Å²) in [5.41, 5.74) is 3.78. The Kier molecular flexibility index (Phi) is 5.76. The molecule has 29 heavy (non-hydrogen) atoms. The molecule has 5 nitrogen and oxygen atoms in total. The lowest BCUT2D eigenvalue weighted by molar-refractivity contribution is 0.125. The highest BCUT2D eigenvalue weighted by molar-refractivity contribution is 5.86. The summed E-state index contributed by atoms with van der Waals surface area (Å²) in [6.45, 7) is 1.61. The smallest absolute Gasteiger partial charge is 0.161 e. The van der Waals surface area contributed by atoms with Gasteiger partial charge in [0.05, 0.1) is 19.9 Å². The molecule has 0 amide bonds. The van der Waals surface area contributed by atoms with Crippen molar-refractivity contribution in [2.45, 2.75) is 43.7 Å². The molecule has 0 radical (unpaired) electrons. The van der Waals surface area contributed by atoms with Crippen LogP contribution in [0.4, 0.5) is 0 Å². The van der Waals surface area contributed by atoms with Crippen molar-refractivity contribution in [3.63, 3.8) is 0 Å². The minimum atomic E-state index is 0.132. The van der Waals surface area contributed by atoms with E-state index in [9.17, 15) is 0 Å². The number of likely N-dealkylation sites (tertiary alicyclic amines) is 1. The van der Waals surface area contributed by atoms with Gasteiger partial charge in [-0.05, 0) is 56.1 Å². The number of ether oxygens (including phenoxy) is 2. The molecule has 0 aromatic heterocycles. The average molecular weight is 395 g/mol. The Morgan fingerprint density at radius 1 is 1.03 bits per heavy atom. The Morgan fingerprint density at radius 3 is 2.59 bits per heavy atom. The van der Waals surface area contributed by atoms with Crippen LogP contribution < -0.4 is 9.47 Å². The Balaban J connectivity index is 1.52. The van der Waals surface area contributed by atoms with Gasteiger partial charge in [0.1, 0.15) is 6.61 Å². The van der Waals surface area contributed by atoms with Gasteiger partial charge in [-0.15, -0.1) is 0 Å². The first kappa shape index (κ1) is 19.8. The first-order valence-electron chi connectivity index (χ1n) is 10.3. The molecular formula is C24H30N2O3. The van der Waals surface area contributed by atoms with Crippen LogP contribution in [0.5, 0.6) is 11.5 Å². The van der Waals surface area contributed by atoms with E-state index in [4.69, 9.17) is 14.3 Å². The SMILES string of the molecule is COc1ccc([C@@]23CCC(=NOCc4ccccc4)C[C@@H]2N(C)CC3)cc1OC. The van der Waals surface area contributed by atoms with Gasteiger partial charge < -0.3 is 19.2 Å². The molecule has 1 saturated carbocycles. The third-order valence-corrected chi connectivity index (χ3v) is 6.60. The van der Waals surface area contributed by atoms with E-state index < -0.39 is 0 Å². The summed E-state index contributed by atoms with van der Waals surface area (Å²) >= 11 is 0. The van der Waals surface area contributed by atoms with Crippen molar-refractivity contribution in [2.75, 3.05) is 27.8 Å². The second-order valence-electron chi connectivity index (χ2n) is 8.09. The highest BCUT2D eigenvalue weighted by Crippen LogP contribution is 2.49. The van der Waals surface area contributed by atoms with Crippen molar-refractivity contribution < 1.29 is 14.3 Å². The number of hydrogen-bond donors (Lipinski definition) is 0. The molecule has 1 aliphatic carbocycles. The van der Waals surface area contributed by atoms with E-state index in [2.05, 4.69) is 41.4 Å². The second-order valence-corrected chi connectivity index (χ2v) is 8.09. The van der Waals surface area contributed by atoms with Crippen LogP contribution in [-0.2, 0) is 16.9 Å². The van der Waals surface area contributed by atoms with Crippen molar-refractivity contribution in [1.82, 2.24) is 4.90 Å². The second kappa shape index (κ2) is 8.46. The molecule has 1 heterocycles. The lowest BCUT2D eigenvalue weighted by atomic mass is 9.65. The minimum Gasteiger partial charge on any atom is -0.493 e. The van der Waals surface area contributed by atoms with Crippen LogP contribution in [-0.4, -0.2) is 44.5 Å². The fraction of sp³-hybridized carbons (Fsp3) is 0.458. The lowest BCUT2D eigenvalue weighted by Gasteiger charge is -2.42. The van der Waals surface area contributed by atoms with E-state index in [1.807, 2.05) is 24.3 Å². The largest absolute Gasteiger partial charge is 0.493 e. The van der Waals surface area contributed by atoms with Gasteiger partial charge in [0.2, 0.25) is 0 Å². The van der Waals surface area contributed by atoms with Gasteiger partial charge in [-0.25, -0.2) is 0 Å². The third kappa shape index (κ3) is 3.84. The zero-order valence-electron chi connectivity index (χ0n) is 17.6. The summed E-state index contributed by atoms with van der Waals surface area (Å²) in [6.07, 6.45) is 4.14. The molecule has 2 fully saturated rings. The molecule has 2 aromatic rings. The molecule has 1 saturated heterocycles. The summed E-state index contributed by atoms with van der Waals surface area (Å²) in [5.74, 6) is 1.58. The lowest BCUT2D eigenvalue weighted by Crippen LogP contribution is -2.46. The predicted molar refractivity (Wildman–Crippen MR) is 115 cm³/mol. The number of methoxy groups -OCH3 is 2. The van der Waals surface area contributed by atoms with Crippen molar-refractivity contribution in [2.24, 2.45) is 5.16 Å². The van der Waals surface area contributed by atoms with Crippen molar-refractivity contribution in [1.29, 1.82) is 0 Å². The van der Waals surface area contributed by atoms with Crippen LogP contribution in [0.1, 0.15) is 36.8 Å². The summed E-state index contributed by atoms with van der Waals surface area (Å²) in [6, 6.07) is 17.0. The highest BCUT2D eigenvalue weighted by atomic mass is 16.6. The number of benzene rings is 2. The number of rotatable bonds is 6. The van der Waals surface area contributed by atoms with Gasteiger partial charge in [-0.3, -0.25) is 0 Å². The summed E-state index contributed by atoms with van der Waals surface area (Å²) in [4.78, 5) is 8.16. The van der Waals surface area contributed by atoms with Crippen LogP contribution in [0.25, 0.3) is 0 Å². The van der Waals surface area contributed by atoms with Crippen LogP contribution in [0.15, 0.2) is 53.7 Å². The Labute approximate surface area is 173 Å². The molecule has 0 bridgehead atoms. The zero-order chi connectivity index (χ0) is 20.3. The molecule has 0 N–H and O–H groups in total. The molecule has 2 atom stereocenters. The summed E-state index contributed by atoms with van der Waals surface area (Å²) in [5, 5.41) is 4.50. The standard InChI is InChI=1S/C24H30N2O3/c1-26-14-13-24(19-9-10-21(27-2)22(15-19)28-3)12-11-20(16-23(24)26)25-29-17-18-7-5-4-6-8-18/h4-10,15,23H,11-14,16-17H2,1-3H3/t23-,24-/m0/s1. The van der Waals surface area contributed by atoms with Gasteiger partial charge in [0, 0.05) is 17.9 Å². The minimum absolute atomic E-state index is 0.132. The third-order valence-electron chi connectivity index (χ3n) is 6.60. The average Bonchev–Trinajstić information content (AvgIpc) is 3.11. The molecule has 2 aliphatic rings. The molecule has 0 spiro atoms. The maximum absolute atomic E-state index is 5.68. The van der Waals surface area contributed by atoms with Gasteiger partial charge in [0.25, 0.3) is 0 Å². The van der Waals surface area contributed by atoms with Gasteiger partial charge in [-0.1, -0.05) is 41.6 Å². The molecular weight excluding hydrogens is 364 g/mol. The number of likely N-dealkylation sites (N-methyl/N-ethyl adjacent to an activating group) is 1. The van der Waals surface area contributed by atoms with E-state index in [1.54, 1.807) is 14.2 Å². The monoisotopic (exact) mass is 394 g/mol. The molecule has 4 rings (SSSR count). The molecule has 154 valence electrons. The first-order valence-corrected chi connectivity index (χ1v) is 10.3. The highest BCUT2D eigenvalue weighted by Gasteiger charge is 2.50.